The molecule has 2 aromatic carbocycles. The summed E-state index contributed by atoms with van der Waals surface area (Å²) in [6.45, 7) is 2.41. The van der Waals surface area contributed by atoms with Crippen LogP contribution in [0, 0.1) is 0 Å². The van der Waals surface area contributed by atoms with E-state index in [1.807, 2.05) is 6.92 Å². The molecule has 7 nitrogen and oxygen atoms in total. The molecule has 7 heteroatoms. The topological polar surface area (TPSA) is 90.3 Å². The highest BCUT2D eigenvalue weighted by atomic mass is 16.5. The lowest BCUT2D eigenvalue weighted by Crippen LogP contribution is -2.25. The van der Waals surface area contributed by atoms with Crippen LogP contribution in [-0.4, -0.2) is 28.3 Å². The van der Waals surface area contributed by atoms with E-state index >= 15 is 0 Å². The van der Waals surface area contributed by atoms with Gasteiger partial charge in [-0.2, -0.15) is 5.10 Å². The number of esters is 1. The zero-order chi connectivity index (χ0) is 20.1. The second-order valence-electron chi connectivity index (χ2n) is 6.34. The van der Waals surface area contributed by atoms with E-state index in [-0.39, 0.29) is 11.3 Å². The van der Waals surface area contributed by atoms with Gasteiger partial charge in [0.05, 0.1) is 17.6 Å². The minimum absolute atomic E-state index is 0.153. The van der Waals surface area contributed by atoms with Crippen LogP contribution in [0.15, 0.2) is 53.3 Å². The Morgan fingerprint density at radius 2 is 1.75 bits per heavy atom. The van der Waals surface area contributed by atoms with E-state index in [4.69, 9.17) is 4.74 Å². The van der Waals surface area contributed by atoms with Crippen LogP contribution in [0.25, 0.3) is 10.8 Å². The molecule has 0 unspecified atom stereocenters. The maximum Gasteiger partial charge on any atom is 0.338 e. The second-order valence-corrected chi connectivity index (χ2v) is 6.34. The fraction of sp³-hybridized carbons (Fsp3) is 0.238. The molecule has 0 atom stereocenters. The number of benzene rings is 2. The molecule has 0 aliphatic heterocycles. The maximum atomic E-state index is 12.7. The summed E-state index contributed by atoms with van der Waals surface area (Å²) in [5, 5.41) is 7.76. The summed E-state index contributed by atoms with van der Waals surface area (Å²) >= 11 is 0. The molecule has 144 valence electrons. The fourth-order valence-electron chi connectivity index (χ4n) is 2.74. The number of hydrogen-bond acceptors (Lipinski definition) is 5. The number of ether oxygens (including phenoxy) is 1. The van der Waals surface area contributed by atoms with Crippen LogP contribution in [0.3, 0.4) is 0 Å². The second kappa shape index (κ2) is 8.47. The first kappa shape index (κ1) is 19.3. The third-order valence-electron chi connectivity index (χ3n) is 4.28. The van der Waals surface area contributed by atoms with Crippen LogP contribution >= 0.6 is 0 Å². The van der Waals surface area contributed by atoms with E-state index in [1.165, 1.54) is 7.05 Å². The number of nitrogens with one attached hydrogen (secondary N) is 1. The zero-order valence-electron chi connectivity index (χ0n) is 15.8. The molecular formula is C21H21N3O4. The summed E-state index contributed by atoms with van der Waals surface area (Å²) < 4.78 is 6.31. The van der Waals surface area contributed by atoms with Crippen molar-refractivity contribution >= 4 is 28.3 Å². The van der Waals surface area contributed by atoms with Crippen molar-refractivity contribution in [2.75, 3.05) is 11.9 Å². The molecule has 0 fully saturated rings. The first-order chi connectivity index (χ1) is 13.5. The Morgan fingerprint density at radius 1 is 1.07 bits per heavy atom. The van der Waals surface area contributed by atoms with Gasteiger partial charge in [-0.3, -0.25) is 9.59 Å². The van der Waals surface area contributed by atoms with E-state index < -0.39 is 11.9 Å². The van der Waals surface area contributed by atoms with Gasteiger partial charge in [0.1, 0.15) is 0 Å². The SMILES string of the molecule is CCCCOC(=O)c1ccc(NC(=O)c2nn(C)c(=O)c3ccccc23)cc1. The van der Waals surface area contributed by atoms with Gasteiger partial charge in [-0.15, -0.1) is 0 Å². The van der Waals surface area contributed by atoms with Crippen molar-refractivity contribution in [3.63, 3.8) is 0 Å². The Kier molecular flexibility index (Phi) is 5.84. The number of aromatic nitrogens is 2. The van der Waals surface area contributed by atoms with Gasteiger partial charge in [-0.05, 0) is 36.8 Å². The number of nitrogens with zero attached hydrogens (tertiary/aromatic N) is 2. The Morgan fingerprint density at radius 3 is 2.43 bits per heavy atom. The predicted octanol–water partition coefficient (Wildman–Crippen LogP) is 3.14. The summed E-state index contributed by atoms with van der Waals surface area (Å²) in [5.74, 6) is -0.831. The molecule has 0 radical (unpaired) electrons. The van der Waals surface area contributed by atoms with E-state index in [0.29, 0.717) is 28.6 Å². The minimum Gasteiger partial charge on any atom is -0.462 e. The lowest BCUT2D eigenvalue weighted by Gasteiger charge is -2.09. The van der Waals surface area contributed by atoms with E-state index in [9.17, 15) is 14.4 Å². The summed E-state index contributed by atoms with van der Waals surface area (Å²) in [6.07, 6.45) is 1.77. The number of anilines is 1. The third kappa shape index (κ3) is 4.09. The molecule has 0 aliphatic rings. The first-order valence-electron chi connectivity index (χ1n) is 9.06. The first-order valence-corrected chi connectivity index (χ1v) is 9.06. The highest BCUT2D eigenvalue weighted by Gasteiger charge is 2.16. The summed E-state index contributed by atoms with van der Waals surface area (Å²) in [7, 11) is 1.50. The van der Waals surface area contributed by atoms with E-state index in [2.05, 4.69) is 10.4 Å². The van der Waals surface area contributed by atoms with Gasteiger partial charge in [0.2, 0.25) is 0 Å². The summed E-state index contributed by atoms with van der Waals surface area (Å²) in [5.41, 5.74) is 0.813. The molecule has 0 saturated heterocycles. The molecule has 0 spiro atoms. The largest absolute Gasteiger partial charge is 0.462 e. The predicted molar refractivity (Wildman–Crippen MR) is 107 cm³/mol. The summed E-state index contributed by atoms with van der Waals surface area (Å²) in [4.78, 5) is 36.8. The molecule has 28 heavy (non-hydrogen) atoms. The maximum absolute atomic E-state index is 12.7. The molecule has 3 aromatic rings. The Balaban J connectivity index is 1.79. The van der Waals surface area contributed by atoms with Gasteiger partial charge in [0.25, 0.3) is 11.5 Å². The quantitative estimate of drug-likeness (QED) is 0.525. The van der Waals surface area contributed by atoms with E-state index in [1.54, 1.807) is 48.5 Å². The number of carbonyl (C=O) groups is 2. The van der Waals surface area contributed by atoms with Gasteiger partial charge < -0.3 is 10.1 Å². The van der Waals surface area contributed by atoms with Crippen molar-refractivity contribution in [1.82, 2.24) is 9.78 Å². The highest BCUT2D eigenvalue weighted by Crippen LogP contribution is 2.16. The molecule has 0 bridgehead atoms. The Bertz CT molecular complexity index is 1070. The number of aryl methyl sites for hydroxylation is 1. The van der Waals surface area contributed by atoms with Crippen LogP contribution in [0.4, 0.5) is 5.69 Å². The number of rotatable bonds is 6. The van der Waals surface area contributed by atoms with Crippen LogP contribution < -0.4 is 10.9 Å². The third-order valence-corrected chi connectivity index (χ3v) is 4.28. The normalized spacial score (nSPS) is 10.6. The van der Waals surface area contributed by atoms with Crippen molar-refractivity contribution < 1.29 is 14.3 Å². The van der Waals surface area contributed by atoms with Crippen molar-refractivity contribution in [3.05, 3.63) is 70.1 Å². The lowest BCUT2D eigenvalue weighted by molar-refractivity contribution is 0.0499. The van der Waals surface area contributed by atoms with Crippen molar-refractivity contribution in [3.8, 4) is 0 Å². The number of hydrogen-bond donors (Lipinski definition) is 1. The molecule has 1 heterocycles. The smallest absolute Gasteiger partial charge is 0.338 e. The average molecular weight is 379 g/mol. The van der Waals surface area contributed by atoms with Crippen molar-refractivity contribution in [2.45, 2.75) is 19.8 Å². The molecule has 0 aliphatic carbocycles. The van der Waals surface area contributed by atoms with Crippen LogP contribution in [0.2, 0.25) is 0 Å². The fourth-order valence-corrected chi connectivity index (χ4v) is 2.74. The van der Waals surface area contributed by atoms with Crippen molar-refractivity contribution in [1.29, 1.82) is 0 Å². The number of carbonyl (C=O) groups excluding carboxylic acids is 2. The minimum atomic E-state index is -0.440. The summed E-state index contributed by atoms with van der Waals surface area (Å²) in [6, 6.07) is 13.3. The molecule has 0 saturated carbocycles. The highest BCUT2D eigenvalue weighted by molar-refractivity contribution is 6.11. The average Bonchev–Trinajstić information content (AvgIpc) is 2.71. The molecular weight excluding hydrogens is 358 g/mol. The zero-order valence-corrected chi connectivity index (χ0v) is 15.8. The van der Waals surface area contributed by atoms with Gasteiger partial charge >= 0.3 is 5.97 Å². The molecule has 1 aromatic heterocycles. The number of amides is 1. The van der Waals surface area contributed by atoms with Crippen LogP contribution in [0.1, 0.15) is 40.6 Å². The Hall–Kier alpha value is -3.48. The molecule has 1 amide bonds. The lowest BCUT2D eigenvalue weighted by atomic mass is 10.1. The van der Waals surface area contributed by atoms with Crippen molar-refractivity contribution in [2.24, 2.45) is 7.05 Å². The van der Waals surface area contributed by atoms with Crippen LogP contribution in [0.5, 0.6) is 0 Å². The van der Waals surface area contributed by atoms with Gasteiger partial charge in [0, 0.05) is 18.1 Å². The molecule has 1 N–H and O–H groups in total. The monoisotopic (exact) mass is 379 g/mol. The number of fused-ring (bicyclic) bond motifs is 1. The molecule has 3 rings (SSSR count). The van der Waals surface area contributed by atoms with Crippen LogP contribution in [-0.2, 0) is 11.8 Å². The van der Waals surface area contributed by atoms with Gasteiger partial charge in [-0.25, -0.2) is 9.48 Å². The van der Waals surface area contributed by atoms with E-state index in [0.717, 1.165) is 17.5 Å². The number of unbranched alkanes of at least 4 members (excludes halogenated alkanes) is 1. The van der Waals surface area contributed by atoms with Gasteiger partial charge in [-0.1, -0.05) is 31.5 Å². The van der Waals surface area contributed by atoms with Gasteiger partial charge in [0.15, 0.2) is 5.69 Å². The Labute approximate surface area is 161 Å². The standard InChI is InChI=1S/C21H21N3O4/c1-3-4-13-28-21(27)14-9-11-15(12-10-14)22-19(25)18-16-7-5-6-8-17(16)20(26)24(2)23-18/h5-12H,3-4,13H2,1-2H3,(H,22,25).